The van der Waals surface area contributed by atoms with Crippen molar-refractivity contribution in [1.29, 1.82) is 0 Å². The molecule has 3 heterocycles. The van der Waals surface area contributed by atoms with Gasteiger partial charge in [0.2, 0.25) is 5.95 Å². The molecule has 0 N–H and O–H groups in total. The predicted molar refractivity (Wildman–Crippen MR) is 63.9 cm³/mol. The van der Waals surface area contributed by atoms with E-state index < -0.39 is 5.95 Å². The summed E-state index contributed by atoms with van der Waals surface area (Å²) < 4.78 is 15.5. The van der Waals surface area contributed by atoms with Crippen molar-refractivity contribution >= 4 is 21.6 Å². The Morgan fingerprint density at radius 3 is 2.88 bits per heavy atom. The molecule has 0 aliphatic heterocycles. The number of hydrogen-bond donors (Lipinski definition) is 0. The van der Waals surface area contributed by atoms with Crippen LogP contribution in [0.15, 0.2) is 41.4 Å². The van der Waals surface area contributed by atoms with Crippen molar-refractivity contribution in [2.45, 2.75) is 0 Å². The summed E-state index contributed by atoms with van der Waals surface area (Å²) in [7, 11) is 0. The Morgan fingerprint density at radius 1 is 1.18 bits per heavy atom. The number of halogens is 2. The lowest BCUT2D eigenvalue weighted by molar-refractivity contribution is 0.584. The molecule has 0 radical (unpaired) electrons. The van der Waals surface area contributed by atoms with E-state index in [1.165, 1.54) is 12.3 Å². The average Bonchev–Trinajstić information content (AvgIpc) is 2.71. The monoisotopic (exact) mass is 292 g/mol. The third kappa shape index (κ3) is 1.80. The second-order valence-corrected chi connectivity index (χ2v) is 4.32. The molecule has 0 bridgehead atoms. The van der Waals surface area contributed by atoms with Gasteiger partial charge in [0.1, 0.15) is 0 Å². The molecule has 17 heavy (non-hydrogen) atoms. The Hall–Kier alpha value is -1.82. The molecule has 3 aromatic rings. The first-order chi connectivity index (χ1) is 8.24. The molecule has 0 saturated heterocycles. The van der Waals surface area contributed by atoms with Crippen LogP contribution in [-0.2, 0) is 0 Å². The zero-order valence-electron chi connectivity index (χ0n) is 8.51. The van der Waals surface area contributed by atoms with Gasteiger partial charge in [-0.15, -0.1) is 0 Å². The maximum atomic E-state index is 13.0. The minimum Gasteiger partial charge on any atom is -0.235 e. The van der Waals surface area contributed by atoms with E-state index in [1.807, 2.05) is 0 Å². The Bertz CT molecular complexity index is 695. The van der Waals surface area contributed by atoms with Crippen LogP contribution in [0.3, 0.4) is 0 Å². The number of nitrogens with zero attached hydrogens (tertiary/aromatic N) is 4. The maximum absolute atomic E-state index is 13.0. The Labute approximate surface area is 104 Å². The quantitative estimate of drug-likeness (QED) is 0.648. The second kappa shape index (κ2) is 3.89. The molecular formula is C11H6BrFN4. The smallest absolute Gasteiger partial charge is 0.213 e. The molecule has 0 spiro atoms. The first kappa shape index (κ1) is 10.3. The minimum atomic E-state index is -0.510. The summed E-state index contributed by atoms with van der Waals surface area (Å²) in [5, 5.41) is 4.12. The van der Waals surface area contributed by atoms with Crippen LogP contribution in [0.4, 0.5) is 4.39 Å². The van der Waals surface area contributed by atoms with Crippen LogP contribution in [0.2, 0.25) is 0 Å². The molecule has 84 valence electrons. The molecule has 4 nitrogen and oxygen atoms in total. The van der Waals surface area contributed by atoms with Crippen molar-refractivity contribution in [3.63, 3.8) is 0 Å². The molecule has 0 amide bonds. The lowest BCUT2D eigenvalue weighted by Gasteiger charge is -2.01. The summed E-state index contributed by atoms with van der Waals surface area (Å²) in [6.07, 6.45) is 6.56. The molecule has 6 heteroatoms. The van der Waals surface area contributed by atoms with Gasteiger partial charge in [-0.1, -0.05) is 0 Å². The van der Waals surface area contributed by atoms with Gasteiger partial charge in [-0.2, -0.15) is 9.49 Å². The highest BCUT2D eigenvalue weighted by molar-refractivity contribution is 9.10. The van der Waals surface area contributed by atoms with Gasteiger partial charge in [-0.05, 0) is 27.6 Å². The topological polar surface area (TPSA) is 43.1 Å². The molecule has 0 atom stereocenters. The van der Waals surface area contributed by atoms with Crippen molar-refractivity contribution in [1.82, 2.24) is 19.6 Å². The summed E-state index contributed by atoms with van der Waals surface area (Å²) >= 11 is 3.34. The Kier molecular flexibility index (Phi) is 2.36. The van der Waals surface area contributed by atoms with Gasteiger partial charge in [-0.25, -0.2) is 14.5 Å². The number of fused-ring (bicyclic) bond motifs is 1. The standard InChI is InChI=1S/C11H6BrFN4/c12-9-5-16-17-6-8(4-15-11(9)17)7-1-2-14-10(13)3-7/h1-6H. The van der Waals surface area contributed by atoms with E-state index in [-0.39, 0.29) is 0 Å². The summed E-state index contributed by atoms with van der Waals surface area (Å²) in [6.45, 7) is 0. The van der Waals surface area contributed by atoms with Crippen LogP contribution >= 0.6 is 15.9 Å². The summed E-state index contributed by atoms with van der Waals surface area (Å²) in [6, 6.07) is 3.09. The second-order valence-electron chi connectivity index (χ2n) is 3.47. The molecular weight excluding hydrogens is 287 g/mol. The van der Waals surface area contributed by atoms with E-state index in [4.69, 9.17) is 0 Å². The average molecular weight is 293 g/mol. The zero-order chi connectivity index (χ0) is 11.8. The SMILES string of the molecule is Fc1cc(-c2cnc3c(Br)cnn3c2)ccn1. The van der Waals surface area contributed by atoms with E-state index in [2.05, 4.69) is 31.0 Å². The van der Waals surface area contributed by atoms with Gasteiger partial charge in [0.25, 0.3) is 0 Å². The third-order valence-electron chi connectivity index (χ3n) is 2.37. The molecule has 0 aromatic carbocycles. The fourth-order valence-electron chi connectivity index (χ4n) is 1.58. The predicted octanol–water partition coefficient (Wildman–Crippen LogP) is 2.69. The number of pyridine rings is 1. The number of aromatic nitrogens is 4. The summed E-state index contributed by atoms with van der Waals surface area (Å²) in [4.78, 5) is 7.77. The molecule has 3 aromatic heterocycles. The van der Waals surface area contributed by atoms with Crippen LogP contribution in [0.25, 0.3) is 16.8 Å². The Balaban J connectivity index is 2.18. The van der Waals surface area contributed by atoms with Crippen molar-refractivity contribution < 1.29 is 4.39 Å². The van der Waals surface area contributed by atoms with Crippen LogP contribution in [-0.4, -0.2) is 19.6 Å². The lowest BCUT2D eigenvalue weighted by Crippen LogP contribution is -1.92. The molecule has 3 rings (SSSR count). The van der Waals surface area contributed by atoms with Crippen molar-refractivity contribution in [2.24, 2.45) is 0 Å². The van der Waals surface area contributed by atoms with E-state index in [1.54, 1.807) is 29.2 Å². The highest BCUT2D eigenvalue weighted by Gasteiger charge is 2.05. The molecule has 0 aliphatic rings. The van der Waals surface area contributed by atoms with Crippen molar-refractivity contribution in [3.05, 3.63) is 47.3 Å². The van der Waals surface area contributed by atoms with Crippen molar-refractivity contribution in [3.8, 4) is 11.1 Å². The molecule has 0 fully saturated rings. The van der Waals surface area contributed by atoms with E-state index in [0.29, 0.717) is 0 Å². The van der Waals surface area contributed by atoms with Crippen LogP contribution < -0.4 is 0 Å². The van der Waals surface area contributed by atoms with Gasteiger partial charge in [0, 0.05) is 30.2 Å². The highest BCUT2D eigenvalue weighted by Crippen LogP contribution is 2.21. The van der Waals surface area contributed by atoms with Gasteiger partial charge >= 0.3 is 0 Å². The van der Waals surface area contributed by atoms with Gasteiger partial charge in [0.05, 0.1) is 10.7 Å². The van der Waals surface area contributed by atoms with Crippen LogP contribution in [0.5, 0.6) is 0 Å². The van der Waals surface area contributed by atoms with Crippen LogP contribution in [0.1, 0.15) is 0 Å². The largest absolute Gasteiger partial charge is 0.235 e. The van der Waals surface area contributed by atoms with E-state index in [9.17, 15) is 4.39 Å². The zero-order valence-corrected chi connectivity index (χ0v) is 10.1. The summed E-state index contributed by atoms with van der Waals surface area (Å²) in [5.74, 6) is -0.510. The first-order valence-corrected chi connectivity index (χ1v) is 5.64. The molecule has 0 unspecified atom stereocenters. The number of rotatable bonds is 1. The first-order valence-electron chi connectivity index (χ1n) is 4.85. The van der Waals surface area contributed by atoms with Gasteiger partial charge < -0.3 is 0 Å². The summed E-state index contributed by atoms with van der Waals surface area (Å²) in [5.41, 5.74) is 2.23. The normalized spacial score (nSPS) is 10.9. The molecule has 0 aliphatic carbocycles. The highest BCUT2D eigenvalue weighted by atomic mass is 79.9. The van der Waals surface area contributed by atoms with Gasteiger partial charge in [-0.3, -0.25) is 0 Å². The fraction of sp³-hybridized carbons (Fsp3) is 0. The van der Waals surface area contributed by atoms with Crippen LogP contribution in [0, 0.1) is 5.95 Å². The fourth-order valence-corrected chi connectivity index (χ4v) is 1.95. The minimum absolute atomic E-state index is 0.510. The number of hydrogen-bond acceptors (Lipinski definition) is 3. The molecule has 0 saturated carbocycles. The third-order valence-corrected chi connectivity index (χ3v) is 2.93. The van der Waals surface area contributed by atoms with Crippen molar-refractivity contribution in [2.75, 3.05) is 0 Å². The maximum Gasteiger partial charge on any atom is 0.213 e. The lowest BCUT2D eigenvalue weighted by atomic mass is 10.1. The van der Waals surface area contributed by atoms with Gasteiger partial charge in [0.15, 0.2) is 5.65 Å². The van der Waals surface area contributed by atoms with E-state index >= 15 is 0 Å². The Morgan fingerprint density at radius 2 is 2.06 bits per heavy atom. The van der Waals surface area contributed by atoms with E-state index in [0.717, 1.165) is 21.2 Å².